The van der Waals surface area contributed by atoms with Crippen molar-refractivity contribution in [3.63, 3.8) is 0 Å². The molecule has 1 N–H and O–H groups in total. The summed E-state index contributed by atoms with van der Waals surface area (Å²) < 4.78 is 54.5. The van der Waals surface area contributed by atoms with Crippen LogP contribution in [0.1, 0.15) is 11.1 Å². The Morgan fingerprint density at radius 1 is 1.15 bits per heavy atom. The van der Waals surface area contributed by atoms with Crippen LogP contribution in [0.25, 0.3) is 0 Å². The van der Waals surface area contributed by atoms with Gasteiger partial charge in [-0.3, -0.25) is 9.10 Å². The van der Waals surface area contributed by atoms with Crippen LogP contribution in [0.3, 0.4) is 0 Å². The van der Waals surface area contributed by atoms with E-state index in [4.69, 9.17) is 0 Å². The lowest BCUT2D eigenvalue weighted by Gasteiger charge is -2.23. The molecule has 0 radical (unpaired) electrons. The van der Waals surface area contributed by atoms with Gasteiger partial charge in [-0.2, -0.15) is 8.78 Å². The molecule has 146 valence electrons. The van der Waals surface area contributed by atoms with E-state index in [0.717, 1.165) is 10.6 Å². The number of ether oxygens (including phenoxy) is 1. The molecule has 0 aliphatic heterocycles. The van der Waals surface area contributed by atoms with E-state index in [-0.39, 0.29) is 12.3 Å². The van der Waals surface area contributed by atoms with Crippen LogP contribution in [0.5, 0.6) is 5.75 Å². The minimum Gasteiger partial charge on any atom is -0.434 e. The molecule has 0 aliphatic rings. The number of nitrogens with zero attached hydrogens (tertiary/aromatic N) is 1. The van der Waals surface area contributed by atoms with Gasteiger partial charge < -0.3 is 10.1 Å². The number of hydrogen-bond donors (Lipinski definition) is 1. The fourth-order valence-corrected chi connectivity index (χ4v) is 3.38. The fourth-order valence-electron chi connectivity index (χ4n) is 2.47. The maximum absolute atomic E-state index is 12.4. The van der Waals surface area contributed by atoms with Gasteiger partial charge in [0, 0.05) is 12.1 Å². The number of rotatable bonds is 8. The topological polar surface area (TPSA) is 75.7 Å². The highest BCUT2D eigenvalue weighted by molar-refractivity contribution is 7.92. The Morgan fingerprint density at radius 3 is 2.41 bits per heavy atom. The summed E-state index contributed by atoms with van der Waals surface area (Å²) in [6.07, 6.45) is 1.01. The Labute approximate surface area is 156 Å². The Morgan fingerprint density at radius 2 is 1.78 bits per heavy atom. The molecule has 0 heterocycles. The first-order valence-electron chi connectivity index (χ1n) is 8.01. The van der Waals surface area contributed by atoms with Crippen LogP contribution < -0.4 is 14.4 Å². The number of sulfonamides is 1. The molecule has 0 saturated heterocycles. The van der Waals surface area contributed by atoms with Crippen molar-refractivity contribution in [2.24, 2.45) is 0 Å². The van der Waals surface area contributed by atoms with Crippen molar-refractivity contribution in [1.82, 2.24) is 5.32 Å². The number of para-hydroxylation sites is 2. The molecule has 2 rings (SSSR count). The van der Waals surface area contributed by atoms with Gasteiger partial charge in [0.25, 0.3) is 0 Å². The van der Waals surface area contributed by atoms with E-state index < -0.39 is 29.1 Å². The van der Waals surface area contributed by atoms with Crippen LogP contribution in [0.15, 0.2) is 48.5 Å². The Bertz CT molecular complexity index is 904. The van der Waals surface area contributed by atoms with Gasteiger partial charge in [-0.05, 0) is 24.6 Å². The highest BCUT2D eigenvalue weighted by Gasteiger charge is 2.22. The van der Waals surface area contributed by atoms with Crippen LogP contribution in [0.4, 0.5) is 14.5 Å². The summed E-state index contributed by atoms with van der Waals surface area (Å²) in [6, 6.07) is 12.8. The monoisotopic (exact) mass is 398 g/mol. The van der Waals surface area contributed by atoms with Gasteiger partial charge in [0.1, 0.15) is 12.3 Å². The average Bonchev–Trinajstić information content (AvgIpc) is 2.58. The third-order valence-electron chi connectivity index (χ3n) is 3.74. The van der Waals surface area contributed by atoms with Gasteiger partial charge in [-0.1, -0.05) is 36.4 Å². The molecule has 0 spiro atoms. The molecule has 2 aromatic carbocycles. The van der Waals surface area contributed by atoms with Crippen molar-refractivity contribution >= 4 is 21.6 Å². The number of carbonyl (C=O) groups excluding carboxylic acids is 1. The van der Waals surface area contributed by atoms with Gasteiger partial charge in [-0.15, -0.1) is 0 Å². The molecule has 0 aliphatic carbocycles. The quantitative estimate of drug-likeness (QED) is 0.742. The molecule has 6 nitrogen and oxygen atoms in total. The van der Waals surface area contributed by atoms with Gasteiger partial charge in [0.05, 0.1) is 11.9 Å². The largest absolute Gasteiger partial charge is 0.434 e. The van der Waals surface area contributed by atoms with Crippen molar-refractivity contribution in [3.8, 4) is 5.75 Å². The first-order valence-corrected chi connectivity index (χ1v) is 9.86. The predicted molar refractivity (Wildman–Crippen MR) is 98.3 cm³/mol. The summed E-state index contributed by atoms with van der Waals surface area (Å²) in [7, 11) is -3.69. The van der Waals surface area contributed by atoms with Crippen molar-refractivity contribution in [2.75, 3.05) is 17.1 Å². The Balaban J connectivity index is 2.11. The van der Waals surface area contributed by atoms with Crippen LogP contribution in [0.2, 0.25) is 0 Å². The van der Waals surface area contributed by atoms with E-state index in [0.29, 0.717) is 16.8 Å². The van der Waals surface area contributed by atoms with Gasteiger partial charge in [-0.25, -0.2) is 8.42 Å². The number of hydrogen-bond acceptors (Lipinski definition) is 4. The number of nitrogens with one attached hydrogen (secondary N) is 1. The molecule has 0 aromatic heterocycles. The average molecular weight is 398 g/mol. The van der Waals surface area contributed by atoms with Crippen LogP contribution in [-0.2, 0) is 21.4 Å². The number of benzene rings is 2. The number of anilines is 1. The second-order valence-corrected chi connectivity index (χ2v) is 7.73. The Kier molecular flexibility index (Phi) is 6.73. The molecular formula is C18H20F2N2O4S. The number of halogens is 2. The molecule has 0 fully saturated rings. The third-order valence-corrected chi connectivity index (χ3v) is 4.86. The van der Waals surface area contributed by atoms with Crippen molar-refractivity contribution < 1.29 is 26.7 Å². The zero-order chi connectivity index (χ0) is 20.0. The maximum atomic E-state index is 12.4. The first-order chi connectivity index (χ1) is 12.7. The van der Waals surface area contributed by atoms with Gasteiger partial charge in [0.15, 0.2) is 0 Å². The second kappa shape index (κ2) is 8.81. The van der Waals surface area contributed by atoms with E-state index in [2.05, 4.69) is 10.1 Å². The van der Waals surface area contributed by atoms with E-state index in [1.807, 2.05) is 0 Å². The normalized spacial score (nSPS) is 11.3. The fraction of sp³-hybridized carbons (Fsp3) is 0.278. The van der Waals surface area contributed by atoms with E-state index in [1.165, 1.54) is 18.2 Å². The minimum absolute atomic E-state index is 0.0494. The summed E-state index contributed by atoms with van der Waals surface area (Å²) in [5.41, 5.74) is 1.45. The number of carbonyl (C=O) groups is 1. The highest BCUT2D eigenvalue weighted by Crippen LogP contribution is 2.22. The van der Waals surface area contributed by atoms with Crippen LogP contribution in [0, 0.1) is 6.92 Å². The lowest BCUT2D eigenvalue weighted by atomic mass is 10.2. The van der Waals surface area contributed by atoms with Gasteiger partial charge in [0.2, 0.25) is 15.9 Å². The lowest BCUT2D eigenvalue weighted by Crippen LogP contribution is -2.40. The van der Waals surface area contributed by atoms with Crippen molar-refractivity contribution in [1.29, 1.82) is 0 Å². The SMILES string of the molecule is Cc1ccccc1N(CC(=O)NCc1ccccc1OC(F)F)S(C)(=O)=O. The zero-order valence-corrected chi connectivity index (χ0v) is 15.7. The molecular weight excluding hydrogens is 378 g/mol. The maximum Gasteiger partial charge on any atom is 0.387 e. The number of alkyl halides is 2. The molecule has 0 unspecified atom stereocenters. The van der Waals surface area contributed by atoms with Gasteiger partial charge >= 0.3 is 6.61 Å². The smallest absolute Gasteiger partial charge is 0.387 e. The summed E-state index contributed by atoms with van der Waals surface area (Å²) in [5, 5.41) is 2.53. The minimum atomic E-state index is -3.69. The molecule has 1 amide bonds. The van der Waals surface area contributed by atoms with E-state index in [9.17, 15) is 22.0 Å². The molecule has 0 atom stereocenters. The molecule has 2 aromatic rings. The number of aryl methyl sites for hydroxylation is 1. The number of amides is 1. The molecule has 27 heavy (non-hydrogen) atoms. The van der Waals surface area contributed by atoms with Crippen LogP contribution >= 0.6 is 0 Å². The first kappa shape index (κ1) is 20.6. The lowest BCUT2D eigenvalue weighted by molar-refractivity contribution is -0.119. The Hall–Kier alpha value is -2.68. The van der Waals surface area contributed by atoms with E-state index in [1.54, 1.807) is 37.3 Å². The molecule has 9 heteroatoms. The van der Waals surface area contributed by atoms with Crippen molar-refractivity contribution in [3.05, 3.63) is 59.7 Å². The highest BCUT2D eigenvalue weighted by atomic mass is 32.2. The summed E-state index contributed by atoms with van der Waals surface area (Å²) in [5.74, 6) is -0.623. The molecule has 0 bridgehead atoms. The zero-order valence-electron chi connectivity index (χ0n) is 14.9. The van der Waals surface area contributed by atoms with E-state index >= 15 is 0 Å². The summed E-state index contributed by atoms with van der Waals surface area (Å²) in [4.78, 5) is 12.3. The molecule has 0 saturated carbocycles. The summed E-state index contributed by atoms with van der Waals surface area (Å²) >= 11 is 0. The summed E-state index contributed by atoms with van der Waals surface area (Å²) in [6.45, 7) is -1.75. The second-order valence-electron chi connectivity index (χ2n) is 5.82. The predicted octanol–water partition coefficient (Wildman–Crippen LogP) is 2.68. The van der Waals surface area contributed by atoms with Crippen molar-refractivity contribution in [2.45, 2.75) is 20.1 Å². The standard InChI is InChI=1S/C18H20F2N2O4S/c1-13-7-3-5-9-15(13)22(27(2,24)25)12-17(23)21-11-14-8-4-6-10-16(14)26-18(19)20/h3-10,18H,11-12H2,1-2H3,(H,21,23). The van der Waals surface area contributed by atoms with Crippen LogP contribution in [-0.4, -0.2) is 33.7 Å². The third kappa shape index (κ3) is 5.92.